The molecule has 0 bridgehead atoms. The van der Waals surface area contributed by atoms with Gasteiger partial charge in [0.2, 0.25) is 0 Å². The number of ether oxygens (including phenoxy) is 2. The van der Waals surface area contributed by atoms with E-state index in [1.165, 1.54) is 64.0 Å². The Bertz CT molecular complexity index is 2290. The van der Waals surface area contributed by atoms with Gasteiger partial charge in [0.15, 0.2) is 0 Å². The van der Waals surface area contributed by atoms with Crippen LogP contribution in [0.5, 0.6) is 23.0 Å². The lowest BCUT2D eigenvalue weighted by molar-refractivity contribution is 0.418. The lowest BCUT2D eigenvalue weighted by Crippen LogP contribution is -2.45. The highest BCUT2D eigenvalue weighted by atomic mass is 32.1. The molecule has 0 saturated heterocycles. The van der Waals surface area contributed by atoms with Crippen molar-refractivity contribution in [3.8, 4) is 43.9 Å². The van der Waals surface area contributed by atoms with Crippen LogP contribution in [-0.4, -0.2) is 0 Å². The Labute approximate surface area is 298 Å². The Morgan fingerprint density at radius 2 is 0.620 bits per heavy atom. The number of fused-ring (bicyclic) bond motifs is 14. The van der Waals surface area contributed by atoms with Crippen LogP contribution in [0.3, 0.4) is 0 Å². The lowest BCUT2D eigenvalue weighted by atomic mass is 9.54. The Balaban J connectivity index is 1.38. The third-order valence-corrected chi connectivity index (χ3v) is 13.3. The second kappa shape index (κ2) is 10.4. The van der Waals surface area contributed by atoms with Crippen molar-refractivity contribution in [3.63, 3.8) is 0 Å². The van der Waals surface area contributed by atoms with Crippen LogP contribution in [-0.2, 0) is 10.8 Å². The van der Waals surface area contributed by atoms with Crippen molar-refractivity contribution in [3.05, 3.63) is 213 Å². The Morgan fingerprint density at radius 1 is 0.320 bits per heavy atom. The fourth-order valence-electron chi connectivity index (χ4n) is 8.69. The van der Waals surface area contributed by atoms with Gasteiger partial charge in [0.05, 0.1) is 10.8 Å². The van der Waals surface area contributed by atoms with Gasteiger partial charge in [-0.3, -0.25) is 0 Å². The zero-order valence-corrected chi connectivity index (χ0v) is 28.4. The third kappa shape index (κ3) is 3.57. The molecule has 2 nitrogen and oxygen atoms in total. The average molecular weight is 677 g/mol. The van der Waals surface area contributed by atoms with Crippen LogP contribution in [0.15, 0.2) is 170 Å². The van der Waals surface area contributed by atoms with Crippen molar-refractivity contribution in [2.45, 2.75) is 10.8 Å². The first-order valence-electron chi connectivity index (χ1n) is 16.9. The topological polar surface area (TPSA) is 18.5 Å². The van der Waals surface area contributed by atoms with E-state index in [2.05, 4.69) is 170 Å². The van der Waals surface area contributed by atoms with E-state index < -0.39 is 10.8 Å². The maximum atomic E-state index is 6.76. The molecular formula is C46H28O2S2. The van der Waals surface area contributed by atoms with Gasteiger partial charge in [-0.1, -0.05) is 133 Å². The van der Waals surface area contributed by atoms with Gasteiger partial charge in [0.25, 0.3) is 0 Å². The molecule has 0 radical (unpaired) electrons. The molecular weight excluding hydrogens is 649 g/mol. The van der Waals surface area contributed by atoms with E-state index in [9.17, 15) is 0 Å². The van der Waals surface area contributed by atoms with Crippen LogP contribution in [0, 0.1) is 0 Å². The summed E-state index contributed by atoms with van der Waals surface area (Å²) in [4.78, 5) is 5.12. The Morgan fingerprint density at radius 3 is 0.960 bits per heavy atom. The molecule has 0 fully saturated rings. The Hall–Kier alpha value is -5.68. The largest absolute Gasteiger partial charge is 0.457 e. The minimum atomic E-state index is -0.620. The summed E-state index contributed by atoms with van der Waals surface area (Å²) in [6.07, 6.45) is 0. The average Bonchev–Trinajstić information content (AvgIpc) is 3.84. The molecule has 3 aliphatic rings. The molecule has 0 saturated carbocycles. The Kier molecular flexibility index (Phi) is 5.87. The standard InChI is InChI=1S/C46H28O2S2/c1-3-15-29(16-4-1)41-27-35-43(49-41)46(33-21-9-13-25-39(33)48-40-26-14-10-22-34(40)46)36-28-42(30-17-5-2-6-18-30)50-44(36)45(35)31-19-7-11-23-37(31)47-38-24-12-8-20-32(38)45/h1-28H. The molecule has 0 unspecified atom stereocenters. The van der Waals surface area contributed by atoms with Crippen molar-refractivity contribution < 1.29 is 9.47 Å². The number of benzene rings is 6. The van der Waals surface area contributed by atoms with E-state index in [0.29, 0.717) is 0 Å². The predicted octanol–water partition coefficient (Wildman–Crippen LogP) is 12.4. The number of rotatable bonds is 2. The van der Waals surface area contributed by atoms with Crippen molar-refractivity contribution in [1.29, 1.82) is 0 Å². The molecule has 2 spiro atoms. The van der Waals surface area contributed by atoms with Crippen molar-refractivity contribution in [1.82, 2.24) is 0 Å². The highest BCUT2D eigenvalue weighted by molar-refractivity contribution is 7.17. The predicted molar refractivity (Wildman–Crippen MR) is 203 cm³/mol. The second-order valence-electron chi connectivity index (χ2n) is 13.1. The van der Waals surface area contributed by atoms with E-state index in [1.54, 1.807) is 0 Å². The van der Waals surface area contributed by atoms with Gasteiger partial charge < -0.3 is 9.47 Å². The monoisotopic (exact) mass is 676 g/mol. The fourth-order valence-corrected chi connectivity index (χ4v) is 11.6. The number of hydrogen-bond donors (Lipinski definition) is 0. The van der Waals surface area contributed by atoms with Gasteiger partial charge in [0.1, 0.15) is 23.0 Å². The minimum Gasteiger partial charge on any atom is -0.457 e. The SMILES string of the molecule is c1ccc(-c2cc3c(s2)C2(c4ccccc4Oc4ccccc42)c2cc(-c4ccccc4)sc2C32c3ccccc3Oc3ccccc32)cc1. The summed E-state index contributed by atoms with van der Waals surface area (Å²) in [7, 11) is 0. The van der Waals surface area contributed by atoms with E-state index in [1.807, 2.05) is 22.7 Å². The summed E-state index contributed by atoms with van der Waals surface area (Å²) in [6, 6.07) is 61.3. The van der Waals surface area contributed by atoms with Crippen molar-refractivity contribution >= 4 is 22.7 Å². The fraction of sp³-hybridized carbons (Fsp3) is 0.0435. The smallest absolute Gasteiger partial charge is 0.132 e. The molecule has 11 rings (SSSR count). The highest BCUT2D eigenvalue weighted by Crippen LogP contribution is 2.70. The van der Waals surface area contributed by atoms with Crippen LogP contribution in [0.2, 0.25) is 0 Å². The van der Waals surface area contributed by atoms with Gasteiger partial charge in [-0.25, -0.2) is 0 Å². The van der Waals surface area contributed by atoms with E-state index >= 15 is 0 Å². The first kappa shape index (κ1) is 28.2. The molecule has 4 heteroatoms. The zero-order chi connectivity index (χ0) is 32.9. The summed E-state index contributed by atoms with van der Waals surface area (Å²) in [5, 5.41) is 0. The minimum absolute atomic E-state index is 0.620. The highest BCUT2D eigenvalue weighted by Gasteiger charge is 2.60. The summed E-state index contributed by atoms with van der Waals surface area (Å²) in [5.41, 5.74) is 8.46. The molecule has 4 heterocycles. The van der Waals surface area contributed by atoms with Crippen LogP contribution >= 0.6 is 22.7 Å². The van der Waals surface area contributed by atoms with Gasteiger partial charge >= 0.3 is 0 Å². The van der Waals surface area contributed by atoms with E-state index in [4.69, 9.17) is 9.47 Å². The van der Waals surface area contributed by atoms with Gasteiger partial charge in [-0.2, -0.15) is 0 Å². The third-order valence-electron chi connectivity index (χ3n) is 10.7. The molecule has 0 amide bonds. The molecule has 50 heavy (non-hydrogen) atoms. The maximum absolute atomic E-state index is 6.76. The van der Waals surface area contributed by atoms with Crippen molar-refractivity contribution in [2.75, 3.05) is 0 Å². The van der Waals surface area contributed by atoms with E-state index in [-0.39, 0.29) is 0 Å². The normalized spacial score (nSPS) is 15.0. The molecule has 2 aromatic heterocycles. The summed E-state index contributed by atoms with van der Waals surface area (Å²) < 4.78 is 13.5. The summed E-state index contributed by atoms with van der Waals surface area (Å²) >= 11 is 3.83. The van der Waals surface area contributed by atoms with Gasteiger partial charge in [0, 0.05) is 41.8 Å². The molecule has 236 valence electrons. The van der Waals surface area contributed by atoms with Gasteiger partial charge in [-0.05, 0) is 58.7 Å². The molecule has 8 aromatic rings. The quantitative estimate of drug-likeness (QED) is 0.181. The molecule has 2 aliphatic heterocycles. The van der Waals surface area contributed by atoms with Crippen LogP contribution < -0.4 is 9.47 Å². The first-order valence-corrected chi connectivity index (χ1v) is 18.6. The first-order chi connectivity index (χ1) is 24.8. The maximum Gasteiger partial charge on any atom is 0.132 e. The summed E-state index contributed by atoms with van der Waals surface area (Å²) in [6.45, 7) is 0. The second-order valence-corrected chi connectivity index (χ2v) is 15.2. The van der Waals surface area contributed by atoms with Crippen LogP contribution in [0.1, 0.15) is 43.1 Å². The van der Waals surface area contributed by atoms with Crippen LogP contribution in [0.4, 0.5) is 0 Å². The molecule has 1 aliphatic carbocycles. The lowest BCUT2D eigenvalue weighted by Gasteiger charge is -2.50. The number of thiophene rings is 2. The molecule has 0 atom stereocenters. The molecule has 6 aromatic carbocycles. The summed E-state index contributed by atoms with van der Waals surface area (Å²) in [5.74, 6) is 3.59. The van der Waals surface area contributed by atoms with E-state index in [0.717, 1.165) is 23.0 Å². The number of para-hydroxylation sites is 4. The van der Waals surface area contributed by atoms with Crippen molar-refractivity contribution in [2.24, 2.45) is 0 Å². The van der Waals surface area contributed by atoms with Crippen LogP contribution in [0.25, 0.3) is 20.9 Å². The number of hydrogen-bond acceptors (Lipinski definition) is 4. The molecule has 0 N–H and O–H groups in total. The zero-order valence-electron chi connectivity index (χ0n) is 26.8. The van der Waals surface area contributed by atoms with Gasteiger partial charge in [-0.15, -0.1) is 22.7 Å².